The van der Waals surface area contributed by atoms with E-state index in [0.29, 0.717) is 17.7 Å². The lowest BCUT2D eigenvalue weighted by Crippen LogP contribution is -2.23. The summed E-state index contributed by atoms with van der Waals surface area (Å²) in [5.74, 6) is -1.12. The van der Waals surface area contributed by atoms with Crippen molar-refractivity contribution in [3.05, 3.63) is 65.7 Å². The fourth-order valence-electron chi connectivity index (χ4n) is 2.35. The predicted molar refractivity (Wildman–Crippen MR) is 79.9 cm³/mol. The van der Waals surface area contributed by atoms with E-state index >= 15 is 0 Å². The second-order valence-electron chi connectivity index (χ2n) is 4.81. The zero-order chi connectivity index (χ0) is 14.8. The van der Waals surface area contributed by atoms with E-state index in [9.17, 15) is 14.7 Å². The number of rotatable bonds is 3. The molecule has 4 nitrogen and oxygen atoms in total. The van der Waals surface area contributed by atoms with Gasteiger partial charge in [-0.3, -0.25) is 9.59 Å². The first-order valence-electron chi connectivity index (χ1n) is 6.58. The minimum Gasteiger partial charge on any atom is -0.508 e. The highest BCUT2D eigenvalue weighted by molar-refractivity contribution is 6.56. The molecule has 2 N–H and O–H groups in total. The zero-order valence-corrected chi connectivity index (χ0v) is 11.2. The molecule has 0 spiro atoms. The molecule has 0 aromatic heterocycles. The summed E-state index contributed by atoms with van der Waals surface area (Å²) in [6.07, 6.45) is 2.45. The van der Waals surface area contributed by atoms with E-state index < -0.39 is 11.7 Å². The highest BCUT2D eigenvalue weighted by atomic mass is 16.3. The highest BCUT2D eigenvalue weighted by Crippen LogP contribution is 2.28. The van der Waals surface area contributed by atoms with Gasteiger partial charge in [-0.25, -0.2) is 0 Å². The average Bonchev–Trinajstić information content (AvgIpc) is 2.92. The molecule has 4 heteroatoms. The number of aromatic hydroxyl groups is 1. The first-order chi connectivity index (χ1) is 10.1. The van der Waals surface area contributed by atoms with Crippen LogP contribution in [0, 0.1) is 0 Å². The van der Waals surface area contributed by atoms with E-state index in [0.717, 1.165) is 11.1 Å². The first-order valence-corrected chi connectivity index (χ1v) is 6.58. The lowest BCUT2D eigenvalue weighted by molar-refractivity contribution is -0.131. The van der Waals surface area contributed by atoms with Crippen molar-refractivity contribution in [3.63, 3.8) is 0 Å². The van der Waals surface area contributed by atoms with E-state index in [-0.39, 0.29) is 5.75 Å². The summed E-state index contributed by atoms with van der Waals surface area (Å²) < 4.78 is 0. The number of carbonyl (C=O) groups excluding carboxylic acids is 2. The van der Waals surface area contributed by atoms with Crippen LogP contribution in [0.25, 0.3) is 5.57 Å². The Morgan fingerprint density at radius 3 is 2.48 bits per heavy atom. The Bertz CT molecular complexity index is 745. The number of anilines is 1. The molecule has 0 unspecified atom stereocenters. The lowest BCUT2D eigenvalue weighted by atomic mass is 10.0. The Morgan fingerprint density at radius 1 is 1.00 bits per heavy atom. The SMILES string of the molecule is O=C(Nc1ccc(O)cc1)C(=O)C1=CCc2ccccc21. The van der Waals surface area contributed by atoms with Crippen molar-refractivity contribution in [1.29, 1.82) is 0 Å². The molecule has 0 aliphatic heterocycles. The van der Waals surface area contributed by atoms with E-state index in [1.165, 1.54) is 24.3 Å². The topological polar surface area (TPSA) is 66.4 Å². The molecule has 104 valence electrons. The van der Waals surface area contributed by atoms with Crippen molar-refractivity contribution in [1.82, 2.24) is 0 Å². The molecule has 0 saturated heterocycles. The summed E-state index contributed by atoms with van der Waals surface area (Å²) in [6, 6.07) is 13.5. The largest absolute Gasteiger partial charge is 0.508 e. The molecule has 0 heterocycles. The van der Waals surface area contributed by atoms with Crippen molar-refractivity contribution in [3.8, 4) is 5.75 Å². The van der Waals surface area contributed by atoms with Crippen molar-refractivity contribution >= 4 is 23.0 Å². The molecule has 1 aliphatic carbocycles. The lowest BCUT2D eigenvalue weighted by Gasteiger charge is -2.06. The van der Waals surface area contributed by atoms with E-state index in [4.69, 9.17) is 0 Å². The number of Topliss-reactive ketones (excluding diaryl/α,β-unsaturated/α-hetero) is 1. The average molecular weight is 279 g/mol. The maximum atomic E-state index is 12.2. The monoisotopic (exact) mass is 279 g/mol. The summed E-state index contributed by atoms with van der Waals surface area (Å²) in [5.41, 5.74) is 2.79. The summed E-state index contributed by atoms with van der Waals surface area (Å²) in [7, 11) is 0. The standard InChI is InChI=1S/C17H13NO3/c19-13-8-6-12(7-9-13)18-17(21)16(20)15-10-5-11-3-1-2-4-14(11)15/h1-4,6-10,19H,5H2,(H,18,21). The van der Waals surface area contributed by atoms with Gasteiger partial charge >= 0.3 is 0 Å². The van der Waals surface area contributed by atoms with Gasteiger partial charge in [-0.15, -0.1) is 0 Å². The van der Waals surface area contributed by atoms with Gasteiger partial charge in [0.25, 0.3) is 11.7 Å². The number of benzene rings is 2. The predicted octanol–water partition coefficient (Wildman–Crippen LogP) is 2.54. The Hall–Kier alpha value is -2.88. The molecular formula is C17H13NO3. The zero-order valence-electron chi connectivity index (χ0n) is 11.2. The highest BCUT2D eigenvalue weighted by Gasteiger charge is 2.25. The van der Waals surface area contributed by atoms with E-state index in [1.54, 1.807) is 6.08 Å². The van der Waals surface area contributed by atoms with Crippen LogP contribution in [0.5, 0.6) is 5.75 Å². The number of hydrogen-bond donors (Lipinski definition) is 2. The molecule has 0 bridgehead atoms. The Morgan fingerprint density at radius 2 is 1.71 bits per heavy atom. The van der Waals surface area contributed by atoms with Crippen molar-refractivity contribution in [2.24, 2.45) is 0 Å². The van der Waals surface area contributed by atoms with E-state index in [1.807, 2.05) is 24.3 Å². The number of ketones is 1. The Labute approximate surface area is 121 Å². The van der Waals surface area contributed by atoms with Crippen LogP contribution in [-0.2, 0) is 16.0 Å². The number of nitrogens with one attached hydrogen (secondary N) is 1. The van der Waals surface area contributed by atoms with Crippen LogP contribution in [0.4, 0.5) is 5.69 Å². The van der Waals surface area contributed by atoms with Crippen molar-refractivity contribution in [2.45, 2.75) is 6.42 Å². The van der Waals surface area contributed by atoms with Crippen LogP contribution >= 0.6 is 0 Å². The van der Waals surface area contributed by atoms with Crippen molar-refractivity contribution < 1.29 is 14.7 Å². The molecule has 2 aromatic rings. The van der Waals surface area contributed by atoms with E-state index in [2.05, 4.69) is 5.32 Å². The van der Waals surface area contributed by atoms with Gasteiger partial charge in [-0.1, -0.05) is 30.3 Å². The van der Waals surface area contributed by atoms with Crippen LogP contribution in [0.3, 0.4) is 0 Å². The Balaban J connectivity index is 1.77. The summed E-state index contributed by atoms with van der Waals surface area (Å²) >= 11 is 0. The minimum atomic E-state index is -0.677. The second kappa shape index (κ2) is 5.25. The van der Waals surface area contributed by atoms with Gasteiger partial charge in [-0.05, 0) is 41.8 Å². The van der Waals surface area contributed by atoms with Crippen LogP contribution in [0.15, 0.2) is 54.6 Å². The molecule has 0 fully saturated rings. The number of fused-ring (bicyclic) bond motifs is 1. The summed E-state index contributed by atoms with van der Waals surface area (Å²) in [5, 5.41) is 11.7. The molecule has 1 amide bonds. The number of phenols is 1. The third-order valence-electron chi connectivity index (χ3n) is 3.41. The van der Waals surface area contributed by atoms with Gasteiger partial charge in [0.15, 0.2) is 0 Å². The molecular weight excluding hydrogens is 266 g/mol. The molecule has 2 aromatic carbocycles. The number of hydrogen-bond acceptors (Lipinski definition) is 3. The second-order valence-corrected chi connectivity index (χ2v) is 4.81. The van der Waals surface area contributed by atoms with Crippen LogP contribution in [0.1, 0.15) is 11.1 Å². The molecule has 0 atom stereocenters. The maximum Gasteiger partial charge on any atom is 0.296 e. The van der Waals surface area contributed by atoms with Crippen LogP contribution in [0.2, 0.25) is 0 Å². The van der Waals surface area contributed by atoms with Gasteiger partial charge in [0.05, 0.1) is 0 Å². The molecule has 0 saturated carbocycles. The van der Waals surface area contributed by atoms with Gasteiger partial charge in [0, 0.05) is 11.3 Å². The quantitative estimate of drug-likeness (QED) is 0.670. The number of phenolic OH excluding ortho intramolecular Hbond substituents is 1. The first kappa shape index (κ1) is 13.1. The number of allylic oxidation sites excluding steroid dienone is 1. The molecule has 21 heavy (non-hydrogen) atoms. The van der Waals surface area contributed by atoms with Crippen molar-refractivity contribution in [2.75, 3.05) is 5.32 Å². The molecule has 1 aliphatic rings. The number of amides is 1. The molecule has 0 radical (unpaired) electrons. The summed E-state index contributed by atoms with van der Waals surface area (Å²) in [6.45, 7) is 0. The van der Waals surface area contributed by atoms with Gasteiger partial charge < -0.3 is 10.4 Å². The fraction of sp³-hybridized carbons (Fsp3) is 0.0588. The van der Waals surface area contributed by atoms with Gasteiger partial charge in [-0.2, -0.15) is 0 Å². The minimum absolute atomic E-state index is 0.103. The van der Waals surface area contributed by atoms with Gasteiger partial charge in [0.1, 0.15) is 5.75 Å². The molecule has 3 rings (SSSR count). The van der Waals surface area contributed by atoms with Gasteiger partial charge in [0.2, 0.25) is 0 Å². The third-order valence-corrected chi connectivity index (χ3v) is 3.41. The normalized spacial score (nSPS) is 12.5. The van der Waals surface area contributed by atoms with Crippen LogP contribution < -0.4 is 5.32 Å². The van der Waals surface area contributed by atoms with Crippen LogP contribution in [-0.4, -0.2) is 16.8 Å². The smallest absolute Gasteiger partial charge is 0.296 e. The fourth-order valence-corrected chi connectivity index (χ4v) is 2.35. The third kappa shape index (κ3) is 2.56. The summed E-state index contributed by atoms with van der Waals surface area (Å²) in [4.78, 5) is 24.3. The number of carbonyl (C=O) groups is 2. The Kier molecular flexibility index (Phi) is 3.28. The maximum absolute atomic E-state index is 12.2.